The Morgan fingerprint density at radius 3 is 2.48 bits per heavy atom. The first kappa shape index (κ1) is 17.5. The van der Waals surface area contributed by atoms with E-state index in [1.807, 2.05) is 49.1 Å². The van der Waals surface area contributed by atoms with Gasteiger partial charge in [-0.25, -0.2) is 0 Å². The minimum atomic E-state index is -0.0762. The summed E-state index contributed by atoms with van der Waals surface area (Å²) in [6.07, 6.45) is 1.39. The van der Waals surface area contributed by atoms with Crippen molar-refractivity contribution in [3.05, 3.63) is 65.0 Å². The van der Waals surface area contributed by atoms with Gasteiger partial charge in [-0.2, -0.15) is 4.98 Å². The number of carbonyl (C=O) groups excluding carboxylic acids is 1. The van der Waals surface area contributed by atoms with Gasteiger partial charge in [0.1, 0.15) is 0 Å². The predicted molar refractivity (Wildman–Crippen MR) is 105 cm³/mol. The summed E-state index contributed by atoms with van der Waals surface area (Å²) in [6, 6.07) is 14.3. The summed E-state index contributed by atoms with van der Waals surface area (Å²) < 4.78 is 5.51. The lowest BCUT2D eigenvalue weighted by Gasteiger charge is -2.21. The summed E-state index contributed by atoms with van der Waals surface area (Å²) in [7, 11) is 0. The van der Waals surface area contributed by atoms with Crippen LogP contribution in [0.1, 0.15) is 41.8 Å². The molecule has 0 N–H and O–H groups in total. The van der Waals surface area contributed by atoms with Gasteiger partial charge in [-0.05, 0) is 37.0 Å². The molecule has 1 saturated heterocycles. The molecule has 1 fully saturated rings. The van der Waals surface area contributed by atoms with Gasteiger partial charge >= 0.3 is 0 Å². The molecule has 0 spiro atoms. The smallest absolute Gasteiger partial charge is 0.232 e. The average molecular weight is 361 g/mol. The van der Waals surface area contributed by atoms with Gasteiger partial charge in [0.2, 0.25) is 17.6 Å². The normalized spacial score (nSPS) is 16.9. The highest BCUT2D eigenvalue weighted by Crippen LogP contribution is 2.35. The first-order valence-corrected chi connectivity index (χ1v) is 9.36. The summed E-state index contributed by atoms with van der Waals surface area (Å²) in [5.41, 5.74) is 5.41. The molecule has 1 atom stereocenters. The van der Waals surface area contributed by atoms with E-state index in [1.165, 1.54) is 5.56 Å². The van der Waals surface area contributed by atoms with Crippen LogP contribution < -0.4 is 4.90 Å². The van der Waals surface area contributed by atoms with E-state index in [0.29, 0.717) is 24.7 Å². The molecule has 1 amide bonds. The Bertz CT molecular complexity index is 955. The van der Waals surface area contributed by atoms with E-state index >= 15 is 0 Å². The van der Waals surface area contributed by atoms with Crippen molar-refractivity contribution in [2.75, 3.05) is 11.4 Å². The molecule has 0 bridgehead atoms. The number of hydrogen-bond donors (Lipinski definition) is 0. The number of para-hydroxylation sites is 1. The molecule has 0 saturated carbocycles. The molecule has 1 unspecified atom stereocenters. The number of amides is 1. The Labute approximate surface area is 159 Å². The highest BCUT2D eigenvalue weighted by molar-refractivity contribution is 5.97. The summed E-state index contributed by atoms with van der Waals surface area (Å²) in [5, 5.41) is 4.13. The topological polar surface area (TPSA) is 59.2 Å². The lowest BCUT2D eigenvalue weighted by atomic mass is 10.1. The van der Waals surface area contributed by atoms with Crippen LogP contribution >= 0.6 is 0 Å². The van der Waals surface area contributed by atoms with Crippen LogP contribution in [0.2, 0.25) is 0 Å². The SMILES string of the molecule is CCc1ccc(-c2noc(C3CC(=O)N(c4c(C)cccc4C)C3)n2)cc1. The average Bonchev–Trinajstić information content (AvgIpc) is 3.29. The molecule has 0 aliphatic carbocycles. The number of anilines is 1. The first-order valence-electron chi connectivity index (χ1n) is 9.36. The number of hydrogen-bond acceptors (Lipinski definition) is 4. The van der Waals surface area contributed by atoms with E-state index in [4.69, 9.17) is 4.52 Å². The van der Waals surface area contributed by atoms with Crippen molar-refractivity contribution in [3.8, 4) is 11.4 Å². The van der Waals surface area contributed by atoms with Gasteiger partial charge in [-0.1, -0.05) is 54.5 Å². The second-order valence-electron chi connectivity index (χ2n) is 7.15. The number of rotatable bonds is 4. The summed E-state index contributed by atoms with van der Waals surface area (Å²) >= 11 is 0. The Morgan fingerprint density at radius 1 is 1.11 bits per heavy atom. The van der Waals surface area contributed by atoms with Gasteiger partial charge in [0.25, 0.3) is 0 Å². The van der Waals surface area contributed by atoms with Crippen LogP contribution in [-0.4, -0.2) is 22.6 Å². The number of aromatic nitrogens is 2. The fourth-order valence-electron chi connectivity index (χ4n) is 3.73. The summed E-state index contributed by atoms with van der Waals surface area (Å²) in [5.74, 6) is 1.13. The van der Waals surface area contributed by atoms with E-state index < -0.39 is 0 Å². The summed E-state index contributed by atoms with van der Waals surface area (Å²) in [4.78, 5) is 19.1. The van der Waals surface area contributed by atoms with Gasteiger partial charge < -0.3 is 9.42 Å². The molecule has 3 aromatic rings. The molecule has 1 aromatic heterocycles. The molecule has 2 heterocycles. The van der Waals surface area contributed by atoms with Crippen LogP contribution in [0.3, 0.4) is 0 Å². The third-order valence-corrected chi connectivity index (χ3v) is 5.25. The van der Waals surface area contributed by atoms with Crippen molar-refractivity contribution in [2.45, 2.75) is 39.5 Å². The fraction of sp³-hybridized carbons (Fsp3) is 0.318. The highest BCUT2D eigenvalue weighted by atomic mass is 16.5. The first-order chi connectivity index (χ1) is 13.1. The zero-order valence-electron chi connectivity index (χ0n) is 15.9. The number of nitrogens with zero attached hydrogens (tertiary/aromatic N) is 3. The quantitative estimate of drug-likeness (QED) is 0.689. The van der Waals surface area contributed by atoms with Gasteiger partial charge in [0.15, 0.2) is 0 Å². The van der Waals surface area contributed by atoms with E-state index in [-0.39, 0.29) is 11.8 Å². The molecule has 27 heavy (non-hydrogen) atoms. The molecule has 4 rings (SSSR count). The van der Waals surface area contributed by atoms with Crippen LogP contribution in [0.15, 0.2) is 47.0 Å². The van der Waals surface area contributed by atoms with Gasteiger partial charge in [0.05, 0.1) is 5.92 Å². The molecular formula is C22H23N3O2. The zero-order chi connectivity index (χ0) is 19.0. The third kappa shape index (κ3) is 3.25. The van der Waals surface area contributed by atoms with Crippen LogP contribution in [-0.2, 0) is 11.2 Å². The van der Waals surface area contributed by atoms with Crippen LogP contribution in [0.25, 0.3) is 11.4 Å². The van der Waals surface area contributed by atoms with Gasteiger partial charge in [-0.15, -0.1) is 0 Å². The van der Waals surface area contributed by atoms with Crippen LogP contribution in [0.5, 0.6) is 0 Å². The van der Waals surface area contributed by atoms with Crippen molar-refractivity contribution >= 4 is 11.6 Å². The van der Waals surface area contributed by atoms with E-state index in [9.17, 15) is 4.79 Å². The summed E-state index contributed by atoms with van der Waals surface area (Å²) in [6.45, 7) is 6.77. The predicted octanol–water partition coefficient (Wildman–Crippen LogP) is 4.44. The molecule has 1 aliphatic heterocycles. The lowest BCUT2D eigenvalue weighted by molar-refractivity contribution is -0.117. The fourth-order valence-corrected chi connectivity index (χ4v) is 3.73. The maximum Gasteiger partial charge on any atom is 0.232 e. The van der Waals surface area contributed by atoms with E-state index in [1.54, 1.807) is 0 Å². The van der Waals surface area contributed by atoms with Crippen molar-refractivity contribution < 1.29 is 9.32 Å². The monoisotopic (exact) mass is 361 g/mol. The minimum absolute atomic E-state index is 0.0762. The third-order valence-electron chi connectivity index (χ3n) is 5.25. The van der Waals surface area contributed by atoms with Crippen LogP contribution in [0, 0.1) is 13.8 Å². The van der Waals surface area contributed by atoms with Crippen molar-refractivity contribution in [1.29, 1.82) is 0 Å². The number of aryl methyl sites for hydroxylation is 3. The lowest BCUT2D eigenvalue weighted by Crippen LogP contribution is -2.26. The van der Waals surface area contributed by atoms with Gasteiger partial charge in [0, 0.05) is 24.2 Å². The van der Waals surface area contributed by atoms with Crippen LogP contribution in [0.4, 0.5) is 5.69 Å². The minimum Gasteiger partial charge on any atom is -0.339 e. The van der Waals surface area contributed by atoms with Gasteiger partial charge in [-0.3, -0.25) is 4.79 Å². The molecule has 5 nitrogen and oxygen atoms in total. The standard InChI is InChI=1S/C22H23N3O2/c1-4-16-8-10-17(11-9-16)21-23-22(27-24-21)18-12-19(26)25(13-18)20-14(2)6-5-7-15(20)3/h5-11,18H,4,12-13H2,1-3H3. The maximum absolute atomic E-state index is 12.6. The van der Waals surface area contributed by atoms with Crippen molar-refractivity contribution in [3.63, 3.8) is 0 Å². The number of carbonyl (C=O) groups is 1. The van der Waals surface area contributed by atoms with E-state index in [2.05, 4.69) is 29.2 Å². The Hall–Kier alpha value is -2.95. The molecule has 2 aromatic carbocycles. The largest absolute Gasteiger partial charge is 0.339 e. The zero-order valence-corrected chi connectivity index (χ0v) is 15.9. The molecule has 138 valence electrons. The van der Waals surface area contributed by atoms with E-state index in [0.717, 1.165) is 28.8 Å². The Balaban J connectivity index is 1.57. The van der Waals surface area contributed by atoms with Crippen molar-refractivity contribution in [1.82, 2.24) is 10.1 Å². The second-order valence-corrected chi connectivity index (χ2v) is 7.15. The molecular weight excluding hydrogens is 338 g/mol. The highest BCUT2D eigenvalue weighted by Gasteiger charge is 2.36. The molecule has 5 heteroatoms. The second kappa shape index (κ2) is 6.99. The number of benzene rings is 2. The molecule has 1 aliphatic rings. The Morgan fingerprint density at radius 2 is 1.81 bits per heavy atom. The maximum atomic E-state index is 12.6. The Kier molecular flexibility index (Phi) is 4.52. The molecule has 0 radical (unpaired) electrons. The van der Waals surface area contributed by atoms with Crippen molar-refractivity contribution in [2.24, 2.45) is 0 Å².